The second-order valence-electron chi connectivity index (χ2n) is 5.53. The summed E-state index contributed by atoms with van der Waals surface area (Å²) in [5.74, 6) is 0.504. The molecule has 0 fully saturated rings. The molecule has 0 unspecified atom stereocenters. The smallest absolute Gasteiger partial charge is 0.254 e. The molecule has 1 heterocycles. The average molecular weight is 376 g/mol. The van der Waals surface area contributed by atoms with Crippen LogP contribution in [0.25, 0.3) is 0 Å². The van der Waals surface area contributed by atoms with Gasteiger partial charge in [0.2, 0.25) is 0 Å². The van der Waals surface area contributed by atoms with Gasteiger partial charge in [0.25, 0.3) is 5.91 Å². The van der Waals surface area contributed by atoms with E-state index >= 15 is 0 Å². The van der Waals surface area contributed by atoms with E-state index in [4.69, 9.17) is 27.6 Å². The second-order valence-corrected chi connectivity index (χ2v) is 6.40. The van der Waals surface area contributed by atoms with Crippen molar-refractivity contribution in [2.45, 2.75) is 13.1 Å². The lowest BCUT2D eigenvalue weighted by molar-refractivity contribution is 0.0716. The topological polar surface area (TPSA) is 53.7 Å². The molecular weight excluding hydrogens is 361 g/mol. The number of hydrogen-bond acceptors (Lipinski definition) is 3. The zero-order valence-corrected chi connectivity index (χ0v) is 14.7. The zero-order valence-electron chi connectivity index (χ0n) is 13.2. The number of amides is 1. The van der Waals surface area contributed by atoms with Crippen molar-refractivity contribution in [3.63, 3.8) is 0 Å². The molecule has 0 aliphatic heterocycles. The van der Waals surface area contributed by atoms with Crippen molar-refractivity contribution in [1.29, 1.82) is 0 Å². The van der Waals surface area contributed by atoms with E-state index < -0.39 is 0 Å². The Balaban J connectivity index is 1.92. The number of phenolic OH excluding ortho intramolecular Hbond substituents is 1. The highest BCUT2D eigenvalue weighted by Gasteiger charge is 2.20. The summed E-state index contributed by atoms with van der Waals surface area (Å²) in [4.78, 5) is 14.5. The molecule has 0 saturated carbocycles. The Bertz CT molecular complexity index is 858. The van der Waals surface area contributed by atoms with Gasteiger partial charge in [0.1, 0.15) is 11.5 Å². The summed E-state index contributed by atoms with van der Waals surface area (Å²) in [7, 11) is 0. The van der Waals surface area contributed by atoms with Gasteiger partial charge in [0, 0.05) is 21.2 Å². The van der Waals surface area contributed by atoms with Crippen LogP contribution in [0.4, 0.5) is 0 Å². The Kier molecular flexibility index (Phi) is 5.31. The molecule has 6 heteroatoms. The minimum atomic E-state index is -0.260. The van der Waals surface area contributed by atoms with Crippen LogP contribution in [0.15, 0.2) is 65.3 Å². The third kappa shape index (κ3) is 4.35. The number of benzene rings is 2. The lowest BCUT2D eigenvalue weighted by Crippen LogP contribution is -2.30. The lowest BCUT2D eigenvalue weighted by Gasteiger charge is -2.22. The van der Waals surface area contributed by atoms with Crippen LogP contribution in [-0.4, -0.2) is 15.9 Å². The lowest BCUT2D eigenvalue weighted by atomic mass is 10.1. The molecule has 2 aromatic carbocycles. The molecule has 25 heavy (non-hydrogen) atoms. The van der Waals surface area contributed by atoms with Crippen molar-refractivity contribution in [3.8, 4) is 5.75 Å². The van der Waals surface area contributed by atoms with Crippen LogP contribution < -0.4 is 0 Å². The van der Waals surface area contributed by atoms with Crippen LogP contribution >= 0.6 is 23.2 Å². The molecule has 0 saturated heterocycles. The van der Waals surface area contributed by atoms with Crippen LogP contribution in [0.5, 0.6) is 5.75 Å². The van der Waals surface area contributed by atoms with Crippen LogP contribution in [0, 0.1) is 0 Å². The average Bonchev–Trinajstić information content (AvgIpc) is 3.07. The van der Waals surface area contributed by atoms with Crippen LogP contribution in [0.1, 0.15) is 21.7 Å². The maximum Gasteiger partial charge on any atom is 0.254 e. The standard InChI is InChI=1S/C19H15Cl2NO3/c20-15-8-14(9-16(21)10-15)19(24)22(12-17-5-3-7-25-17)11-13-4-1-2-6-18(13)23/h1-10,23H,11-12H2. The highest BCUT2D eigenvalue weighted by atomic mass is 35.5. The number of aromatic hydroxyl groups is 1. The fraction of sp³-hybridized carbons (Fsp3) is 0.105. The molecule has 3 rings (SSSR count). The molecule has 1 amide bonds. The predicted molar refractivity (Wildman–Crippen MR) is 96.9 cm³/mol. The van der Waals surface area contributed by atoms with E-state index in [-0.39, 0.29) is 24.7 Å². The normalized spacial score (nSPS) is 10.6. The van der Waals surface area contributed by atoms with Crippen molar-refractivity contribution in [2.24, 2.45) is 0 Å². The number of rotatable bonds is 5. The highest BCUT2D eigenvalue weighted by Crippen LogP contribution is 2.24. The molecule has 0 radical (unpaired) electrons. The largest absolute Gasteiger partial charge is 0.508 e. The summed E-state index contributed by atoms with van der Waals surface area (Å²) in [5, 5.41) is 10.8. The van der Waals surface area contributed by atoms with Gasteiger partial charge < -0.3 is 14.4 Å². The van der Waals surface area contributed by atoms with E-state index in [9.17, 15) is 9.90 Å². The number of halogens is 2. The molecular formula is C19H15Cl2NO3. The van der Waals surface area contributed by atoms with Gasteiger partial charge in [-0.2, -0.15) is 0 Å². The van der Waals surface area contributed by atoms with Gasteiger partial charge in [0.05, 0.1) is 19.4 Å². The van der Waals surface area contributed by atoms with Gasteiger partial charge in [-0.05, 0) is 36.4 Å². The molecule has 3 aromatic rings. The Hall–Kier alpha value is -2.43. The van der Waals surface area contributed by atoms with Crippen LogP contribution in [-0.2, 0) is 13.1 Å². The van der Waals surface area contributed by atoms with Crippen molar-refractivity contribution in [3.05, 3.63) is 87.8 Å². The third-order valence-electron chi connectivity index (χ3n) is 3.68. The van der Waals surface area contributed by atoms with Crippen LogP contribution in [0.3, 0.4) is 0 Å². The number of para-hydroxylation sites is 1. The number of carbonyl (C=O) groups excluding carboxylic acids is 1. The van der Waals surface area contributed by atoms with Gasteiger partial charge in [-0.25, -0.2) is 0 Å². The summed E-state index contributed by atoms with van der Waals surface area (Å²) in [5.41, 5.74) is 1.01. The van der Waals surface area contributed by atoms with Crippen molar-refractivity contribution < 1.29 is 14.3 Å². The van der Waals surface area contributed by atoms with Crippen molar-refractivity contribution in [1.82, 2.24) is 4.90 Å². The van der Waals surface area contributed by atoms with E-state index in [1.807, 2.05) is 0 Å². The quantitative estimate of drug-likeness (QED) is 0.671. The van der Waals surface area contributed by atoms with Gasteiger partial charge in [-0.15, -0.1) is 0 Å². The number of phenols is 1. The molecule has 0 atom stereocenters. The number of furan rings is 1. The molecule has 128 valence electrons. The Morgan fingerprint density at radius 2 is 1.72 bits per heavy atom. The van der Waals surface area contributed by atoms with Crippen molar-refractivity contribution >= 4 is 29.1 Å². The minimum Gasteiger partial charge on any atom is -0.508 e. The Morgan fingerprint density at radius 3 is 2.36 bits per heavy atom. The maximum absolute atomic E-state index is 13.0. The molecule has 0 aliphatic carbocycles. The molecule has 0 aliphatic rings. The molecule has 0 bridgehead atoms. The summed E-state index contributed by atoms with van der Waals surface area (Å²) < 4.78 is 5.36. The van der Waals surface area contributed by atoms with Gasteiger partial charge in [-0.3, -0.25) is 4.79 Å². The SMILES string of the molecule is O=C(c1cc(Cl)cc(Cl)c1)N(Cc1ccco1)Cc1ccccc1O. The number of carbonyl (C=O) groups is 1. The van der Waals surface area contributed by atoms with E-state index in [0.29, 0.717) is 26.9 Å². The van der Waals surface area contributed by atoms with E-state index in [1.165, 1.54) is 0 Å². The predicted octanol–water partition coefficient (Wildman–Crippen LogP) is 5.13. The monoisotopic (exact) mass is 375 g/mol. The third-order valence-corrected chi connectivity index (χ3v) is 4.11. The van der Waals surface area contributed by atoms with Gasteiger partial charge in [0.15, 0.2) is 0 Å². The van der Waals surface area contributed by atoms with E-state index in [0.717, 1.165) is 0 Å². The second kappa shape index (κ2) is 7.64. The summed E-state index contributed by atoms with van der Waals surface area (Å²) in [6.07, 6.45) is 1.55. The van der Waals surface area contributed by atoms with Gasteiger partial charge in [-0.1, -0.05) is 41.4 Å². The zero-order chi connectivity index (χ0) is 17.8. The molecule has 4 nitrogen and oxygen atoms in total. The number of hydrogen-bond donors (Lipinski definition) is 1. The van der Waals surface area contributed by atoms with E-state index in [2.05, 4.69) is 0 Å². The first-order valence-electron chi connectivity index (χ1n) is 7.57. The fourth-order valence-electron chi connectivity index (χ4n) is 2.50. The highest BCUT2D eigenvalue weighted by molar-refractivity contribution is 6.35. The molecule has 1 aromatic heterocycles. The Morgan fingerprint density at radius 1 is 1.00 bits per heavy atom. The maximum atomic E-state index is 13.0. The van der Waals surface area contributed by atoms with Gasteiger partial charge >= 0.3 is 0 Å². The molecule has 1 N–H and O–H groups in total. The summed E-state index contributed by atoms with van der Waals surface area (Å²) in [6, 6.07) is 15.1. The van der Waals surface area contributed by atoms with E-state index in [1.54, 1.807) is 65.8 Å². The Labute approximate surface area is 155 Å². The van der Waals surface area contributed by atoms with Crippen molar-refractivity contribution in [2.75, 3.05) is 0 Å². The number of nitrogens with zero attached hydrogens (tertiary/aromatic N) is 1. The summed E-state index contributed by atoms with van der Waals surface area (Å²) in [6.45, 7) is 0.473. The molecule has 0 spiro atoms. The minimum absolute atomic E-state index is 0.129. The summed E-state index contributed by atoms with van der Waals surface area (Å²) >= 11 is 12.0. The fourth-order valence-corrected chi connectivity index (χ4v) is 3.03. The first-order valence-corrected chi connectivity index (χ1v) is 8.33. The first kappa shape index (κ1) is 17.4. The van der Waals surface area contributed by atoms with Crippen LogP contribution in [0.2, 0.25) is 10.0 Å². The first-order chi connectivity index (χ1) is 12.0.